The van der Waals surface area contributed by atoms with Crippen LogP contribution in [0.4, 0.5) is 17.2 Å². The number of hydrogen-bond donors (Lipinski definition) is 3. The summed E-state index contributed by atoms with van der Waals surface area (Å²) in [5, 5.41) is 10.5. The molecular weight excluding hydrogens is 554 g/mol. The van der Waals surface area contributed by atoms with E-state index in [0.29, 0.717) is 23.0 Å². The fraction of sp³-hybridized carbons (Fsp3) is 0.353. The molecule has 0 saturated heterocycles. The largest absolute Gasteiger partial charge is 0.437 e. The van der Waals surface area contributed by atoms with Gasteiger partial charge in [-0.05, 0) is 63.6 Å². The van der Waals surface area contributed by atoms with Gasteiger partial charge in [0.15, 0.2) is 0 Å². The van der Waals surface area contributed by atoms with Gasteiger partial charge in [-0.2, -0.15) is 0 Å². The van der Waals surface area contributed by atoms with Crippen molar-refractivity contribution in [3.63, 3.8) is 0 Å². The molecule has 3 N–H and O–H groups in total. The number of carbonyl (C=O) groups is 2. The van der Waals surface area contributed by atoms with Gasteiger partial charge in [-0.25, -0.2) is 9.97 Å². The Kier molecular flexibility index (Phi) is 9.59. The lowest BCUT2D eigenvalue weighted by Gasteiger charge is -2.29. The summed E-state index contributed by atoms with van der Waals surface area (Å²) in [4.78, 5) is 37.6. The van der Waals surface area contributed by atoms with Crippen molar-refractivity contribution in [2.75, 3.05) is 49.8 Å². The van der Waals surface area contributed by atoms with Crippen molar-refractivity contribution in [2.24, 2.45) is 0 Å². The third-order valence-electron chi connectivity index (χ3n) is 8.02. The number of benzene rings is 2. The summed E-state index contributed by atoms with van der Waals surface area (Å²) in [7, 11) is 6.09. The van der Waals surface area contributed by atoms with Crippen LogP contribution in [0.1, 0.15) is 32.6 Å². The van der Waals surface area contributed by atoms with E-state index in [4.69, 9.17) is 4.42 Å². The Balaban J connectivity index is 1.60. The highest BCUT2D eigenvalue weighted by Gasteiger charge is 2.26. The Morgan fingerprint density at radius 1 is 0.977 bits per heavy atom. The Morgan fingerprint density at radius 2 is 1.70 bits per heavy atom. The minimum Gasteiger partial charge on any atom is -0.437 e. The van der Waals surface area contributed by atoms with Gasteiger partial charge >= 0.3 is 0 Å². The second kappa shape index (κ2) is 13.7. The van der Waals surface area contributed by atoms with Crippen molar-refractivity contribution in [3.8, 4) is 22.5 Å². The van der Waals surface area contributed by atoms with Gasteiger partial charge in [0.2, 0.25) is 17.5 Å². The van der Waals surface area contributed by atoms with Crippen LogP contribution < -0.4 is 20.9 Å². The number of amides is 2. The molecule has 10 nitrogen and oxygen atoms in total. The molecule has 2 aromatic heterocycles. The number of furan rings is 1. The molecule has 4 aromatic rings. The van der Waals surface area contributed by atoms with Crippen LogP contribution in [-0.4, -0.2) is 73.0 Å². The number of likely N-dealkylation sites (N-methyl/N-ethyl adjacent to an activating group) is 2. The Bertz CT molecular complexity index is 1620. The fourth-order valence-electron chi connectivity index (χ4n) is 5.75. The summed E-state index contributed by atoms with van der Waals surface area (Å²) >= 11 is 0. The molecule has 0 aliphatic heterocycles. The summed E-state index contributed by atoms with van der Waals surface area (Å²) in [5.74, 6) is 1.09. The zero-order chi connectivity index (χ0) is 31.2. The topological polar surface area (TPSA) is 116 Å². The highest BCUT2D eigenvalue weighted by atomic mass is 16.3. The lowest BCUT2D eigenvalue weighted by atomic mass is 9.91. The normalized spacial score (nSPS) is 16.5. The second-order valence-electron chi connectivity index (χ2n) is 11.6. The molecular formula is C34H41N7O3. The molecule has 1 fully saturated rings. The third-order valence-corrected chi connectivity index (χ3v) is 8.02. The molecule has 0 unspecified atom stereocenters. The number of hydrogen-bond acceptors (Lipinski definition) is 8. The lowest BCUT2D eigenvalue weighted by molar-refractivity contribution is -0.119. The van der Waals surface area contributed by atoms with Crippen molar-refractivity contribution in [1.82, 2.24) is 20.2 Å². The molecule has 1 saturated carbocycles. The standard InChI is InChI=1S/C34H41N7O3/c1-6-29(43)39-27-20-24(12-17-28(27)41(5)19-18-40(3)4)30-31-33(38-26-15-13-25(14-16-26)37-22(2)42)35-21-36-34(31)44-32(30)23-10-8-7-9-11-23/h6-12,17,20-21,25-26H,1,13-16,18-19H2,2-5H3,(H,37,42)(H,39,43)(H,35,36,38). The maximum atomic E-state index is 12.6. The minimum absolute atomic E-state index is 0.00830. The monoisotopic (exact) mass is 595 g/mol. The van der Waals surface area contributed by atoms with Crippen molar-refractivity contribution in [2.45, 2.75) is 44.7 Å². The van der Waals surface area contributed by atoms with Gasteiger partial charge in [-0.15, -0.1) is 0 Å². The number of anilines is 3. The van der Waals surface area contributed by atoms with Crippen LogP contribution in [0.25, 0.3) is 33.6 Å². The molecule has 10 heteroatoms. The fourth-order valence-corrected chi connectivity index (χ4v) is 5.75. The maximum absolute atomic E-state index is 12.6. The number of nitrogens with one attached hydrogen (secondary N) is 3. The number of carbonyl (C=O) groups excluding carboxylic acids is 2. The SMILES string of the molecule is C=CC(=O)Nc1cc(-c2c(-c3ccccc3)oc3ncnc(NC4CCC(NC(C)=O)CC4)c23)ccc1N(C)CCN(C)C. The van der Waals surface area contributed by atoms with Crippen LogP contribution in [-0.2, 0) is 9.59 Å². The Labute approximate surface area is 258 Å². The Morgan fingerprint density at radius 3 is 2.39 bits per heavy atom. The number of aromatic nitrogens is 2. The molecule has 0 radical (unpaired) electrons. The van der Waals surface area contributed by atoms with Gasteiger partial charge in [-0.3, -0.25) is 9.59 Å². The van der Waals surface area contributed by atoms with Crippen LogP contribution in [0.5, 0.6) is 0 Å². The van der Waals surface area contributed by atoms with E-state index in [1.54, 1.807) is 6.92 Å². The molecule has 230 valence electrons. The quantitative estimate of drug-likeness (QED) is 0.194. The van der Waals surface area contributed by atoms with Crippen molar-refractivity contribution in [1.29, 1.82) is 0 Å². The van der Waals surface area contributed by atoms with Gasteiger partial charge in [-0.1, -0.05) is 43.0 Å². The van der Waals surface area contributed by atoms with Crippen molar-refractivity contribution >= 4 is 40.1 Å². The van der Waals surface area contributed by atoms with E-state index in [1.807, 2.05) is 63.6 Å². The van der Waals surface area contributed by atoms with Gasteiger partial charge in [0.25, 0.3) is 0 Å². The van der Waals surface area contributed by atoms with Gasteiger partial charge in [0, 0.05) is 50.3 Å². The Hall–Kier alpha value is -4.70. The molecule has 2 aromatic carbocycles. The molecule has 2 amide bonds. The molecule has 0 atom stereocenters. The highest BCUT2D eigenvalue weighted by molar-refractivity contribution is 6.08. The van der Waals surface area contributed by atoms with Crippen LogP contribution in [0.2, 0.25) is 0 Å². The summed E-state index contributed by atoms with van der Waals surface area (Å²) in [5.41, 5.74) is 4.66. The van der Waals surface area contributed by atoms with E-state index in [9.17, 15) is 9.59 Å². The van der Waals surface area contributed by atoms with Gasteiger partial charge < -0.3 is 30.2 Å². The predicted octanol–water partition coefficient (Wildman–Crippen LogP) is 5.54. The van der Waals surface area contributed by atoms with Gasteiger partial charge in [0.05, 0.1) is 16.8 Å². The van der Waals surface area contributed by atoms with Crippen LogP contribution >= 0.6 is 0 Å². The first-order valence-corrected chi connectivity index (χ1v) is 15.0. The molecule has 2 heterocycles. The summed E-state index contributed by atoms with van der Waals surface area (Å²) in [6.07, 6.45) is 6.40. The first-order valence-electron chi connectivity index (χ1n) is 15.0. The van der Waals surface area contributed by atoms with E-state index in [-0.39, 0.29) is 23.9 Å². The van der Waals surface area contributed by atoms with E-state index in [0.717, 1.165) is 66.5 Å². The van der Waals surface area contributed by atoms with E-state index in [1.165, 1.54) is 12.4 Å². The average Bonchev–Trinajstić information content (AvgIpc) is 3.41. The smallest absolute Gasteiger partial charge is 0.247 e. The highest BCUT2D eigenvalue weighted by Crippen LogP contribution is 2.44. The third kappa shape index (κ3) is 7.08. The molecule has 0 bridgehead atoms. The second-order valence-corrected chi connectivity index (χ2v) is 11.6. The zero-order valence-corrected chi connectivity index (χ0v) is 25.9. The van der Waals surface area contributed by atoms with Gasteiger partial charge in [0.1, 0.15) is 17.9 Å². The zero-order valence-electron chi connectivity index (χ0n) is 25.9. The van der Waals surface area contributed by atoms with E-state index < -0.39 is 0 Å². The molecule has 1 aliphatic rings. The predicted molar refractivity (Wildman–Crippen MR) is 177 cm³/mol. The van der Waals surface area contributed by atoms with Crippen LogP contribution in [0, 0.1) is 0 Å². The lowest BCUT2D eigenvalue weighted by Crippen LogP contribution is -2.39. The first-order chi connectivity index (χ1) is 21.2. The van der Waals surface area contributed by atoms with Crippen molar-refractivity contribution < 1.29 is 14.0 Å². The molecule has 44 heavy (non-hydrogen) atoms. The van der Waals surface area contributed by atoms with E-state index in [2.05, 4.69) is 48.4 Å². The maximum Gasteiger partial charge on any atom is 0.247 e. The first kappa shape index (κ1) is 30.7. The minimum atomic E-state index is -0.287. The number of rotatable bonds is 11. The van der Waals surface area contributed by atoms with Crippen LogP contribution in [0.15, 0.2) is 71.9 Å². The molecule has 1 aliphatic carbocycles. The molecule has 0 spiro atoms. The average molecular weight is 596 g/mol. The summed E-state index contributed by atoms with van der Waals surface area (Å²) in [6, 6.07) is 16.4. The summed E-state index contributed by atoms with van der Waals surface area (Å²) in [6.45, 7) is 6.85. The number of nitrogens with zero attached hydrogens (tertiary/aromatic N) is 4. The van der Waals surface area contributed by atoms with E-state index >= 15 is 0 Å². The number of fused-ring (bicyclic) bond motifs is 1. The molecule has 5 rings (SSSR count). The van der Waals surface area contributed by atoms with Crippen LogP contribution in [0.3, 0.4) is 0 Å². The summed E-state index contributed by atoms with van der Waals surface area (Å²) < 4.78 is 6.46. The van der Waals surface area contributed by atoms with Crippen molar-refractivity contribution in [3.05, 3.63) is 67.5 Å².